The molecule has 1 saturated heterocycles. The summed E-state index contributed by atoms with van der Waals surface area (Å²) in [5.41, 5.74) is 0.480. The second-order valence-electron chi connectivity index (χ2n) is 5.09. The molecule has 1 aromatic heterocycles. The molecule has 0 radical (unpaired) electrons. The van der Waals surface area contributed by atoms with Crippen LogP contribution in [-0.2, 0) is 4.74 Å². The van der Waals surface area contributed by atoms with Crippen molar-refractivity contribution >= 4 is 11.9 Å². The van der Waals surface area contributed by atoms with E-state index in [1.165, 1.54) is 0 Å². The average Bonchev–Trinajstić information content (AvgIpc) is 2.98. The minimum absolute atomic E-state index is 0.134. The van der Waals surface area contributed by atoms with Gasteiger partial charge in [0.15, 0.2) is 0 Å². The normalized spacial score (nSPS) is 19.6. The highest BCUT2D eigenvalue weighted by atomic mass is 16.5. The molecule has 1 aliphatic heterocycles. The second-order valence-corrected chi connectivity index (χ2v) is 5.09. The van der Waals surface area contributed by atoms with E-state index in [0.29, 0.717) is 18.1 Å². The second kappa shape index (κ2) is 7.19. The highest BCUT2D eigenvalue weighted by molar-refractivity contribution is 5.93. The van der Waals surface area contributed by atoms with Gasteiger partial charge in [-0.3, -0.25) is 4.79 Å². The van der Waals surface area contributed by atoms with Crippen molar-refractivity contribution in [2.75, 3.05) is 18.5 Å². The van der Waals surface area contributed by atoms with Crippen molar-refractivity contribution < 1.29 is 9.53 Å². The van der Waals surface area contributed by atoms with E-state index >= 15 is 0 Å². The van der Waals surface area contributed by atoms with Crippen molar-refractivity contribution in [3.63, 3.8) is 0 Å². The van der Waals surface area contributed by atoms with Gasteiger partial charge in [-0.05, 0) is 26.2 Å². The molecule has 2 N–H and O–H groups in total. The van der Waals surface area contributed by atoms with Crippen molar-refractivity contribution in [1.29, 1.82) is 0 Å². The van der Waals surface area contributed by atoms with Crippen LogP contribution in [-0.4, -0.2) is 41.2 Å². The number of aromatic nitrogens is 2. The SMILES string of the molecule is CCC(C)NC(=O)c1cnc(NCC2CCCO2)nc1. The minimum Gasteiger partial charge on any atom is -0.376 e. The lowest BCUT2D eigenvalue weighted by Crippen LogP contribution is -2.32. The quantitative estimate of drug-likeness (QED) is 0.826. The van der Waals surface area contributed by atoms with Crippen LogP contribution in [0, 0.1) is 0 Å². The van der Waals surface area contributed by atoms with Gasteiger partial charge in [0, 0.05) is 31.6 Å². The molecule has 6 heteroatoms. The van der Waals surface area contributed by atoms with Gasteiger partial charge < -0.3 is 15.4 Å². The Morgan fingerprint density at radius 1 is 1.50 bits per heavy atom. The highest BCUT2D eigenvalue weighted by Crippen LogP contribution is 2.12. The monoisotopic (exact) mass is 278 g/mol. The van der Waals surface area contributed by atoms with Gasteiger partial charge in [0.2, 0.25) is 5.95 Å². The van der Waals surface area contributed by atoms with E-state index in [2.05, 4.69) is 20.6 Å². The molecule has 1 aromatic rings. The molecule has 0 bridgehead atoms. The van der Waals surface area contributed by atoms with Crippen LogP contribution in [0.5, 0.6) is 0 Å². The van der Waals surface area contributed by atoms with Crippen LogP contribution in [0.4, 0.5) is 5.95 Å². The molecule has 1 fully saturated rings. The summed E-state index contributed by atoms with van der Waals surface area (Å²) in [6.45, 7) is 5.54. The van der Waals surface area contributed by atoms with E-state index in [9.17, 15) is 4.79 Å². The average molecular weight is 278 g/mol. The molecular formula is C14H22N4O2. The first-order valence-corrected chi connectivity index (χ1v) is 7.17. The van der Waals surface area contributed by atoms with Crippen LogP contribution >= 0.6 is 0 Å². The molecule has 1 aliphatic rings. The van der Waals surface area contributed by atoms with Gasteiger partial charge in [0.05, 0.1) is 11.7 Å². The Morgan fingerprint density at radius 3 is 2.85 bits per heavy atom. The van der Waals surface area contributed by atoms with Crippen LogP contribution in [0.3, 0.4) is 0 Å². The standard InChI is InChI=1S/C14H22N4O2/c1-3-10(2)18-13(19)11-7-15-14(16-8-11)17-9-12-5-4-6-20-12/h7-8,10,12H,3-6,9H2,1-2H3,(H,18,19)(H,15,16,17). The zero-order valence-corrected chi connectivity index (χ0v) is 12.1. The van der Waals surface area contributed by atoms with Crippen LogP contribution in [0.1, 0.15) is 43.5 Å². The van der Waals surface area contributed by atoms with Gasteiger partial charge in [-0.25, -0.2) is 9.97 Å². The number of nitrogens with one attached hydrogen (secondary N) is 2. The van der Waals surface area contributed by atoms with E-state index < -0.39 is 0 Å². The lowest BCUT2D eigenvalue weighted by atomic mass is 10.2. The van der Waals surface area contributed by atoms with Crippen molar-refractivity contribution in [3.05, 3.63) is 18.0 Å². The number of anilines is 1. The molecule has 2 rings (SSSR count). The van der Waals surface area contributed by atoms with Crippen molar-refractivity contribution in [2.45, 2.75) is 45.3 Å². The van der Waals surface area contributed by atoms with Crippen molar-refractivity contribution in [1.82, 2.24) is 15.3 Å². The smallest absolute Gasteiger partial charge is 0.254 e. The first kappa shape index (κ1) is 14.7. The number of hydrogen-bond donors (Lipinski definition) is 2. The highest BCUT2D eigenvalue weighted by Gasteiger charge is 2.15. The Hall–Kier alpha value is -1.69. The summed E-state index contributed by atoms with van der Waals surface area (Å²) < 4.78 is 5.51. The molecule has 2 unspecified atom stereocenters. The maximum Gasteiger partial charge on any atom is 0.254 e. The van der Waals surface area contributed by atoms with E-state index in [4.69, 9.17) is 4.74 Å². The number of rotatable bonds is 6. The predicted octanol–water partition coefficient (Wildman–Crippen LogP) is 1.60. The number of ether oxygens (including phenoxy) is 1. The third kappa shape index (κ3) is 4.16. The zero-order valence-electron chi connectivity index (χ0n) is 12.1. The summed E-state index contributed by atoms with van der Waals surface area (Å²) in [5.74, 6) is 0.394. The van der Waals surface area contributed by atoms with Crippen LogP contribution in [0.2, 0.25) is 0 Å². The number of carbonyl (C=O) groups is 1. The summed E-state index contributed by atoms with van der Waals surface area (Å²) in [4.78, 5) is 20.2. The Morgan fingerprint density at radius 2 is 2.25 bits per heavy atom. The lowest BCUT2D eigenvalue weighted by Gasteiger charge is -2.12. The number of hydrogen-bond acceptors (Lipinski definition) is 5. The van der Waals surface area contributed by atoms with Gasteiger partial charge in [0.1, 0.15) is 0 Å². The fourth-order valence-electron chi connectivity index (χ4n) is 1.96. The Balaban J connectivity index is 1.84. The molecular weight excluding hydrogens is 256 g/mol. The maximum atomic E-state index is 11.9. The molecule has 0 aromatic carbocycles. The Labute approximate surface area is 119 Å². The largest absolute Gasteiger partial charge is 0.376 e. The molecule has 6 nitrogen and oxygen atoms in total. The van der Waals surface area contributed by atoms with Gasteiger partial charge in [0.25, 0.3) is 5.91 Å². The maximum absolute atomic E-state index is 11.9. The third-order valence-electron chi connectivity index (χ3n) is 3.42. The minimum atomic E-state index is -0.134. The summed E-state index contributed by atoms with van der Waals surface area (Å²) in [5, 5.41) is 6.01. The summed E-state index contributed by atoms with van der Waals surface area (Å²) in [6, 6.07) is 0.153. The van der Waals surface area contributed by atoms with Crippen LogP contribution in [0.15, 0.2) is 12.4 Å². The molecule has 0 aliphatic carbocycles. The third-order valence-corrected chi connectivity index (χ3v) is 3.42. The van der Waals surface area contributed by atoms with Gasteiger partial charge in [-0.1, -0.05) is 6.92 Å². The number of amides is 1. The summed E-state index contributed by atoms with van der Waals surface area (Å²) in [6.07, 6.45) is 6.41. The van der Waals surface area contributed by atoms with Crippen molar-refractivity contribution in [3.8, 4) is 0 Å². The van der Waals surface area contributed by atoms with E-state index in [0.717, 1.165) is 25.9 Å². The molecule has 1 amide bonds. The first-order valence-electron chi connectivity index (χ1n) is 7.17. The number of nitrogens with zero attached hydrogens (tertiary/aromatic N) is 2. The Kier molecular flexibility index (Phi) is 5.29. The van der Waals surface area contributed by atoms with E-state index in [-0.39, 0.29) is 18.1 Å². The molecule has 0 saturated carbocycles. The first-order chi connectivity index (χ1) is 9.69. The van der Waals surface area contributed by atoms with Gasteiger partial charge >= 0.3 is 0 Å². The topological polar surface area (TPSA) is 76.1 Å². The predicted molar refractivity (Wildman–Crippen MR) is 76.7 cm³/mol. The number of carbonyl (C=O) groups excluding carboxylic acids is 1. The van der Waals surface area contributed by atoms with Crippen LogP contribution in [0.25, 0.3) is 0 Å². The van der Waals surface area contributed by atoms with Crippen LogP contribution < -0.4 is 10.6 Å². The fraction of sp³-hybridized carbons (Fsp3) is 0.643. The van der Waals surface area contributed by atoms with Gasteiger partial charge in [-0.15, -0.1) is 0 Å². The molecule has 110 valence electrons. The van der Waals surface area contributed by atoms with Gasteiger partial charge in [-0.2, -0.15) is 0 Å². The van der Waals surface area contributed by atoms with E-state index in [1.807, 2.05) is 13.8 Å². The summed E-state index contributed by atoms with van der Waals surface area (Å²) in [7, 11) is 0. The summed E-state index contributed by atoms with van der Waals surface area (Å²) >= 11 is 0. The fourth-order valence-corrected chi connectivity index (χ4v) is 1.96. The molecule has 2 heterocycles. The Bertz CT molecular complexity index is 429. The lowest BCUT2D eigenvalue weighted by molar-refractivity contribution is 0.0938. The zero-order chi connectivity index (χ0) is 14.4. The molecule has 0 spiro atoms. The van der Waals surface area contributed by atoms with E-state index in [1.54, 1.807) is 12.4 Å². The van der Waals surface area contributed by atoms with Crippen molar-refractivity contribution in [2.24, 2.45) is 0 Å². The molecule has 2 atom stereocenters. The molecule has 20 heavy (non-hydrogen) atoms.